The molecule has 0 fully saturated rings. The van der Waals surface area contributed by atoms with E-state index in [1.807, 2.05) is 50.2 Å². The van der Waals surface area contributed by atoms with E-state index in [4.69, 9.17) is 10.5 Å². The van der Waals surface area contributed by atoms with Crippen molar-refractivity contribution in [1.82, 2.24) is 14.5 Å². The van der Waals surface area contributed by atoms with Crippen LogP contribution in [0.15, 0.2) is 48.8 Å². The van der Waals surface area contributed by atoms with Crippen LogP contribution in [0, 0.1) is 0 Å². The summed E-state index contributed by atoms with van der Waals surface area (Å²) in [7, 11) is 0. The molecule has 7 heteroatoms. The Labute approximate surface area is 182 Å². The quantitative estimate of drug-likeness (QED) is 0.630. The number of hydrogen-bond acceptors (Lipinski definition) is 4. The van der Waals surface area contributed by atoms with Crippen LogP contribution in [0.25, 0.3) is 5.52 Å². The minimum Gasteiger partial charge on any atom is -0.484 e. The van der Waals surface area contributed by atoms with Crippen LogP contribution in [0.5, 0.6) is 5.75 Å². The lowest BCUT2D eigenvalue weighted by atomic mass is 9.87. The zero-order valence-electron chi connectivity index (χ0n) is 18.8. The van der Waals surface area contributed by atoms with Gasteiger partial charge >= 0.3 is 0 Å². The van der Waals surface area contributed by atoms with Gasteiger partial charge in [0.2, 0.25) is 0 Å². The average Bonchev–Trinajstić information content (AvgIpc) is 3.13. The molecule has 164 valence electrons. The van der Waals surface area contributed by atoms with Gasteiger partial charge in [0.25, 0.3) is 11.8 Å². The number of rotatable bonds is 7. The zero-order chi connectivity index (χ0) is 22.8. The number of hydrogen-bond donors (Lipinski definition) is 1. The number of benzene rings is 1. The Kier molecular flexibility index (Phi) is 6.34. The summed E-state index contributed by atoms with van der Waals surface area (Å²) in [5.41, 5.74) is 8.55. The molecule has 0 aliphatic heterocycles. The number of carbonyl (C=O) groups excluding carboxylic acids is 2. The van der Waals surface area contributed by atoms with Gasteiger partial charge < -0.3 is 15.4 Å². The molecule has 3 rings (SSSR count). The molecule has 0 aliphatic rings. The third kappa shape index (κ3) is 5.23. The van der Waals surface area contributed by atoms with E-state index in [1.54, 1.807) is 15.6 Å². The van der Waals surface area contributed by atoms with Crippen LogP contribution < -0.4 is 10.5 Å². The molecule has 0 saturated carbocycles. The summed E-state index contributed by atoms with van der Waals surface area (Å²) >= 11 is 0. The zero-order valence-corrected chi connectivity index (χ0v) is 18.8. The number of amides is 2. The first-order valence-electron chi connectivity index (χ1n) is 10.3. The maximum atomic E-state index is 12.9. The molecule has 3 aromatic rings. The van der Waals surface area contributed by atoms with E-state index < -0.39 is 5.91 Å². The van der Waals surface area contributed by atoms with E-state index >= 15 is 0 Å². The monoisotopic (exact) mass is 422 g/mol. The number of primary amides is 1. The molecule has 0 unspecified atom stereocenters. The first-order chi connectivity index (χ1) is 14.6. The Hall–Kier alpha value is -3.35. The summed E-state index contributed by atoms with van der Waals surface area (Å²) in [5.74, 6) is 0.0186. The summed E-state index contributed by atoms with van der Waals surface area (Å²) in [5, 5.41) is 4.13. The van der Waals surface area contributed by atoms with Gasteiger partial charge in [0.1, 0.15) is 5.75 Å². The molecule has 2 aromatic heterocycles. The summed E-state index contributed by atoms with van der Waals surface area (Å²) in [6, 6.07) is 11.5. The van der Waals surface area contributed by atoms with Crippen molar-refractivity contribution in [2.45, 2.75) is 52.6 Å². The van der Waals surface area contributed by atoms with E-state index in [9.17, 15) is 9.59 Å². The predicted octanol–water partition coefficient (Wildman–Crippen LogP) is 3.55. The molecule has 0 saturated heterocycles. The smallest absolute Gasteiger partial charge is 0.261 e. The van der Waals surface area contributed by atoms with Gasteiger partial charge in [-0.2, -0.15) is 5.10 Å². The van der Waals surface area contributed by atoms with Crippen molar-refractivity contribution >= 4 is 17.3 Å². The lowest BCUT2D eigenvalue weighted by Crippen LogP contribution is -2.39. The normalized spacial score (nSPS) is 11.7. The number of nitrogens with zero attached hydrogens (tertiary/aromatic N) is 3. The summed E-state index contributed by atoms with van der Waals surface area (Å²) in [6.07, 6.45) is 3.21. The Bertz CT molecular complexity index is 1080. The second-order valence-electron chi connectivity index (χ2n) is 8.97. The van der Waals surface area contributed by atoms with Gasteiger partial charge in [-0.15, -0.1) is 0 Å². The van der Waals surface area contributed by atoms with Crippen molar-refractivity contribution in [1.29, 1.82) is 0 Å². The van der Waals surface area contributed by atoms with Crippen LogP contribution in [0.3, 0.4) is 0 Å². The number of nitrogens with two attached hydrogens (primary N) is 1. The van der Waals surface area contributed by atoms with Gasteiger partial charge in [0.05, 0.1) is 17.3 Å². The molecule has 2 amide bonds. The van der Waals surface area contributed by atoms with Crippen molar-refractivity contribution < 1.29 is 14.3 Å². The van der Waals surface area contributed by atoms with Crippen LogP contribution in [-0.4, -0.2) is 39.0 Å². The Morgan fingerprint density at radius 2 is 1.84 bits per heavy atom. The van der Waals surface area contributed by atoms with Crippen LogP contribution >= 0.6 is 0 Å². The van der Waals surface area contributed by atoms with E-state index in [0.717, 1.165) is 5.56 Å². The molecule has 7 nitrogen and oxygen atoms in total. The summed E-state index contributed by atoms with van der Waals surface area (Å²) in [4.78, 5) is 26.2. The van der Waals surface area contributed by atoms with E-state index in [2.05, 4.69) is 25.9 Å². The molecule has 0 bridgehead atoms. The summed E-state index contributed by atoms with van der Waals surface area (Å²) in [6.45, 7) is 10.7. The molecular formula is C24H30N4O3. The maximum Gasteiger partial charge on any atom is 0.261 e. The number of ether oxygens (including phenoxy) is 1. The molecule has 2 heterocycles. The van der Waals surface area contributed by atoms with Crippen molar-refractivity contribution in [3.63, 3.8) is 0 Å². The number of pyridine rings is 1. The number of carbonyl (C=O) groups is 2. The highest BCUT2D eigenvalue weighted by Gasteiger charge is 2.19. The van der Waals surface area contributed by atoms with E-state index in [0.29, 0.717) is 23.4 Å². The molecule has 2 N–H and O–H groups in total. The average molecular weight is 423 g/mol. The van der Waals surface area contributed by atoms with Crippen molar-refractivity contribution in [3.8, 4) is 5.75 Å². The lowest BCUT2D eigenvalue weighted by Gasteiger charge is -2.27. The number of aromatic nitrogens is 2. The van der Waals surface area contributed by atoms with Gasteiger partial charge in [-0.1, -0.05) is 32.9 Å². The van der Waals surface area contributed by atoms with Crippen molar-refractivity contribution in [2.75, 3.05) is 6.61 Å². The highest BCUT2D eigenvalue weighted by atomic mass is 16.5. The van der Waals surface area contributed by atoms with Gasteiger partial charge in [-0.25, -0.2) is 4.52 Å². The highest BCUT2D eigenvalue weighted by molar-refractivity contribution is 5.99. The first kappa shape index (κ1) is 22.3. The van der Waals surface area contributed by atoms with E-state index in [1.165, 1.54) is 11.8 Å². The first-order valence-corrected chi connectivity index (χ1v) is 10.3. The molecule has 0 aliphatic carbocycles. The predicted molar refractivity (Wildman–Crippen MR) is 120 cm³/mol. The van der Waals surface area contributed by atoms with Crippen molar-refractivity contribution in [3.05, 3.63) is 65.5 Å². The Morgan fingerprint density at radius 3 is 2.42 bits per heavy atom. The lowest BCUT2D eigenvalue weighted by molar-refractivity contribution is -0.135. The minimum atomic E-state index is -0.533. The van der Waals surface area contributed by atoms with Gasteiger partial charge in [0, 0.05) is 18.8 Å². The largest absolute Gasteiger partial charge is 0.484 e. The highest BCUT2D eigenvalue weighted by Crippen LogP contribution is 2.24. The fourth-order valence-corrected chi connectivity index (χ4v) is 3.35. The van der Waals surface area contributed by atoms with Crippen LogP contribution in [0.4, 0.5) is 0 Å². The molecule has 0 atom stereocenters. The van der Waals surface area contributed by atoms with Gasteiger partial charge in [-0.05, 0) is 54.7 Å². The molecule has 1 aromatic carbocycles. The fraction of sp³-hybridized carbons (Fsp3) is 0.375. The molecule has 31 heavy (non-hydrogen) atoms. The molecular weight excluding hydrogens is 392 g/mol. The Morgan fingerprint density at radius 1 is 1.16 bits per heavy atom. The van der Waals surface area contributed by atoms with Crippen LogP contribution in [0.2, 0.25) is 0 Å². The second-order valence-corrected chi connectivity index (χ2v) is 8.97. The molecule has 0 radical (unpaired) electrons. The van der Waals surface area contributed by atoms with Crippen LogP contribution in [-0.2, 0) is 16.8 Å². The summed E-state index contributed by atoms with van der Waals surface area (Å²) < 4.78 is 7.34. The maximum absolute atomic E-state index is 12.9. The van der Waals surface area contributed by atoms with Gasteiger partial charge in [-0.3, -0.25) is 9.59 Å². The fourth-order valence-electron chi connectivity index (χ4n) is 3.35. The van der Waals surface area contributed by atoms with Crippen LogP contribution in [0.1, 0.15) is 56.1 Å². The SMILES string of the molecule is CC(C)N(Cc1ccn2ncc(C(N)=O)c2c1)C(=O)COc1ccc(C(C)(C)C)cc1. The topological polar surface area (TPSA) is 89.9 Å². The third-order valence-corrected chi connectivity index (χ3v) is 5.23. The number of fused-ring (bicyclic) bond motifs is 1. The molecule has 0 spiro atoms. The van der Waals surface area contributed by atoms with E-state index in [-0.39, 0.29) is 24.0 Å². The minimum absolute atomic E-state index is 0.0175. The Balaban J connectivity index is 1.70. The standard InChI is InChI=1S/C24H30N4O3/c1-16(2)27(14-17-10-11-28-21(12-17)20(13-26-28)23(25)30)22(29)15-31-19-8-6-18(7-9-19)24(3,4)5/h6-13,16H,14-15H2,1-5H3,(H2,25,30). The van der Waals surface area contributed by atoms with Crippen molar-refractivity contribution in [2.24, 2.45) is 5.73 Å². The third-order valence-electron chi connectivity index (χ3n) is 5.23. The van der Waals surface area contributed by atoms with Gasteiger partial charge in [0.15, 0.2) is 6.61 Å². The second kappa shape index (κ2) is 8.79.